The number of aromatic nitrogens is 1. The molecule has 0 unspecified atom stereocenters. The molecule has 13 heteroatoms. The zero-order chi connectivity index (χ0) is 37.7. The molecule has 10 atom stereocenters. The van der Waals surface area contributed by atoms with Crippen molar-refractivity contribution in [2.75, 3.05) is 34.9 Å². The molecule has 1 fully saturated rings. The third-order valence-corrected chi connectivity index (χ3v) is 11.7. The van der Waals surface area contributed by atoms with E-state index in [1.54, 1.807) is 39.4 Å². The van der Waals surface area contributed by atoms with Crippen LogP contribution in [0, 0.1) is 23.7 Å². The van der Waals surface area contributed by atoms with Crippen LogP contribution in [0.1, 0.15) is 105 Å². The van der Waals surface area contributed by atoms with Crippen LogP contribution >= 0.6 is 11.3 Å². The van der Waals surface area contributed by atoms with Crippen LogP contribution in [-0.2, 0) is 28.7 Å². The first-order valence-electron chi connectivity index (χ1n) is 18.5. The summed E-state index contributed by atoms with van der Waals surface area (Å²) in [6.07, 6.45) is 4.40. The minimum absolute atomic E-state index is 0.00451. The smallest absolute Gasteiger partial charge is 0.245 e. The van der Waals surface area contributed by atoms with Crippen LogP contribution in [0.4, 0.5) is 0 Å². The zero-order valence-electron chi connectivity index (χ0n) is 32.7. The molecule has 0 aliphatic carbocycles. The number of likely N-dealkylation sites (N-methyl/N-ethyl adjacent to an activating group) is 2. The number of carbonyl (C=O) groups excluding carboxylic acids is 4. The maximum atomic E-state index is 14.3. The van der Waals surface area contributed by atoms with E-state index in [1.165, 1.54) is 11.3 Å². The Kier molecular flexibility index (Phi) is 18.3. The number of methoxy groups -OCH3 is 2. The number of likely N-dealkylation sites (tertiary alicyclic amines) is 1. The lowest BCUT2D eigenvalue weighted by Gasteiger charge is -2.41. The van der Waals surface area contributed by atoms with Gasteiger partial charge >= 0.3 is 0 Å². The molecule has 2 heterocycles. The van der Waals surface area contributed by atoms with Gasteiger partial charge in [0.1, 0.15) is 11.0 Å². The molecule has 4 amide bonds. The molecule has 1 aliphatic heterocycles. The van der Waals surface area contributed by atoms with Crippen molar-refractivity contribution in [2.45, 2.75) is 136 Å². The molecule has 12 nitrogen and oxygen atoms in total. The van der Waals surface area contributed by atoms with Crippen molar-refractivity contribution in [1.29, 1.82) is 0 Å². The van der Waals surface area contributed by atoms with Crippen molar-refractivity contribution in [3.63, 3.8) is 0 Å². The topological polar surface area (TPSA) is 142 Å². The lowest BCUT2D eigenvalue weighted by molar-refractivity contribution is -0.148. The Hall–Kier alpha value is -2.61. The summed E-state index contributed by atoms with van der Waals surface area (Å²) < 4.78 is 12.0. The van der Waals surface area contributed by atoms with E-state index in [1.807, 2.05) is 51.8 Å². The quantitative estimate of drug-likeness (QED) is 0.170. The van der Waals surface area contributed by atoms with Gasteiger partial charge in [-0.1, -0.05) is 68.2 Å². The third-order valence-electron chi connectivity index (χ3n) is 10.8. The fourth-order valence-corrected chi connectivity index (χ4v) is 8.04. The van der Waals surface area contributed by atoms with E-state index < -0.39 is 36.3 Å². The van der Waals surface area contributed by atoms with E-state index in [4.69, 9.17) is 9.47 Å². The Balaban J connectivity index is 2.28. The minimum atomic E-state index is -0.729. The average molecular weight is 723 g/mol. The molecular weight excluding hydrogens is 657 g/mol. The molecule has 50 heavy (non-hydrogen) atoms. The summed E-state index contributed by atoms with van der Waals surface area (Å²) in [7, 11) is 6.68. The highest BCUT2D eigenvalue weighted by atomic mass is 32.1. The summed E-state index contributed by atoms with van der Waals surface area (Å²) in [5.41, 5.74) is 0. The molecule has 286 valence electrons. The number of thiazole rings is 1. The highest BCUT2D eigenvalue weighted by molar-refractivity contribution is 7.09. The monoisotopic (exact) mass is 722 g/mol. The van der Waals surface area contributed by atoms with Gasteiger partial charge in [-0.15, -0.1) is 11.3 Å². The number of ether oxygens (including phenoxy) is 2. The van der Waals surface area contributed by atoms with Gasteiger partial charge in [-0.05, 0) is 44.1 Å². The SMILES string of the molecule is CC[C@H](NC(=O)[C@H](C)[C@@H](OC)[C@@H]1CCCN1C(=O)C[C@@H](OC)[C@H]([C@@H](C)CC)N(C)C(=O)[C@@H](NC(=O)[C@@H](NC)C(C)C)[C@H](C)CC)c1nccs1. The Morgan fingerprint density at radius 1 is 0.960 bits per heavy atom. The highest BCUT2D eigenvalue weighted by Crippen LogP contribution is 2.30. The second-order valence-corrected chi connectivity index (χ2v) is 15.2. The lowest BCUT2D eigenvalue weighted by Crippen LogP contribution is -2.60. The molecule has 0 radical (unpaired) electrons. The molecule has 0 bridgehead atoms. The number of hydrogen-bond donors (Lipinski definition) is 3. The molecule has 1 aromatic heterocycles. The largest absolute Gasteiger partial charge is 0.379 e. The second kappa shape index (κ2) is 21.0. The van der Waals surface area contributed by atoms with Gasteiger partial charge < -0.3 is 35.2 Å². The molecule has 0 aromatic carbocycles. The van der Waals surface area contributed by atoms with Crippen molar-refractivity contribution in [3.05, 3.63) is 16.6 Å². The van der Waals surface area contributed by atoms with Gasteiger partial charge in [0, 0.05) is 39.4 Å². The van der Waals surface area contributed by atoms with Gasteiger partial charge in [0.25, 0.3) is 0 Å². The molecule has 1 aromatic rings. The summed E-state index contributed by atoms with van der Waals surface area (Å²) in [4.78, 5) is 63.1. The fourth-order valence-electron chi connectivity index (χ4n) is 7.27. The van der Waals surface area contributed by atoms with Crippen molar-refractivity contribution in [2.24, 2.45) is 23.7 Å². The fraction of sp³-hybridized carbons (Fsp3) is 0.811. The summed E-state index contributed by atoms with van der Waals surface area (Å²) in [5, 5.41) is 12.0. The average Bonchev–Trinajstić information content (AvgIpc) is 3.82. The van der Waals surface area contributed by atoms with Crippen LogP contribution in [0.5, 0.6) is 0 Å². The molecular formula is C37H66N6O6S. The van der Waals surface area contributed by atoms with Crippen LogP contribution in [0.25, 0.3) is 0 Å². The van der Waals surface area contributed by atoms with Crippen molar-refractivity contribution < 1.29 is 28.7 Å². The molecule has 2 rings (SSSR count). The van der Waals surface area contributed by atoms with E-state index in [-0.39, 0.29) is 59.9 Å². The van der Waals surface area contributed by atoms with Crippen LogP contribution < -0.4 is 16.0 Å². The van der Waals surface area contributed by atoms with E-state index in [0.29, 0.717) is 19.4 Å². The summed E-state index contributed by atoms with van der Waals surface area (Å²) >= 11 is 1.51. The predicted molar refractivity (Wildman–Crippen MR) is 198 cm³/mol. The third kappa shape index (κ3) is 10.9. The van der Waals surface area contributed by atoms with Crippen LogP contribution in [0.2, 0.25) is 0 Å². The number of carbonyl (C=O) groups is 4. The van der Waals surface area contributed by atoms with Gasteiger partial charge in [-0.25, -0.2) is 4.98 Å². The molecule has 0 saturated carbocycles. The number of amides is 4. The molecule has 1 aliphatic rings. The van der Waals surface area contributed by atoms with Crippen LogP contribution in [-0.4, -0.2) is 110 Å². The predicted octanol–water partition coefficient (Wildman–Crippen LogP) is 4.41. The maximum Gasteiger partial charge on any atom is 0.245 e. The van der Waals surface area contributed by atoms with Crippen molar-refractivity contribution in [1.82, 2.24) is 30.7 Å². The van der Waals surface area contributed by atoms with Gasteiger partial charge in [-0.2, -0.15) is 0 Å². The van der Waals surface area contributed by atoms with Gasteiger partial charge in [0.05, 0.1) is 48.7 Å². The first-order chi connectivity index (χ1) is 23.7. The second-order valence-electron chi connectivity index (χ2n) is 14.3. The highest BCUT2D eigenvalue weighted by Gasteiger charge is 2.43. The normalized spacial score (nSPS) is 20.3. The van der Waals surface area contributed by atoms with Crippen molar-refractivity contribution in [3.8, 4) is 0 Å². The summed E-state index contributed by atoms with van der Waals surface area (Å²) in [6.45, 7) is 16.4. The number of nitrogens with zero attached hydrogens (tertiary/aromatic N) is 3. The Labute approximate surface area is 305 Å². The molecule has 1 saturated heterocycles. The van der Waals surface area contributed by atoms with E-state index in [0.717, 1.165) is 24.3 Å². The number of nitrogens with one attached hydrogen (secondary N) is 3. The first kappa shape index (κ1) is 43.6. The number of rotatable bonds is 21. The minimum Gasteiger partial charge on any atom is -0.379 e. The van der Waals surface area contributed by atoms with Gasteiger partial charge in [0.2, 0.25) is 23.6 Å². The van der Waals surface area contributed by atoms with E-state index in [2.05, 4.69) is 34.8 Å². The summed E-state index contributed by atoms with van der Waals surface area (Å²) in [6, 6.07) is -2.04. The van der Waals surface area contributed by atoms with Crippen LogP contribution in [0.3, 0.4) is 0 Å². The van der Waals surface area contributed by atoms with Crippen molar-refractivity contribution >= 4 is 35.0 Å². The van der Waals surface area contributed by atoms with Crippen LogP contribution in [0.15, 0.2) is 11.6 Å². The lowest BCUT2D eigenvalue weighted by atomic mass is 9.89. The summed E-state index contributed by atoms with van der Waals surface area (Å²) in [5.74, 6) is -1.21. The standard InChI is InChI=1S/C37H66N6O6S/c1-13-23(6)31(41-35(46)30(38-9)22(4)5)37(47)42(10)32(24(7)14-2)28(48-11)21-29(44)43-19-16-17-27(43)33(49-12)25(8)34(45)40-26(15-3)36-39-18-20-50-36/h18,20,22-28,30-33,38H,13-17,19,21H2,1-12H3,(H,40,45)(H,41,46)/t23-,24+,25-,26+,27+,28-,30+,31+,32+,33-/m1/s1. The first-order valence-corrected chi connectivity index (χ1v) is 19.4. The van der Waals surface area contributed by atoms with E-state index in [9.17, 15) is 19.2 Å². The Bertz CT molecular complexity index is 1200. The maximum absolute atomic E-state index is 14.3. The Morgan fingerprint density at radius 2 is 1.62 bits per heavy atom. The molecule has 3 N–H and O–H groups in total. The zero-order valence-corrected chi connectivity index (χ0v) is 33.5. The van der Waals surface area contributed by atoms with Gasteiger partial charge in [-0.3, -0.25) is 19.2 Å². The van der Waals surface area contributed by atoms with Gasteiger partial charge in [0.15, 0.2) is 0 Å². The van der Waals surface area contributed by atoms with E-state index >= 15 is 0 Å². The Morgan fingerprint density at radius 3 is 2.12 bits per heavy atom. The number of hydrogen-bond acceptors (Lipinski definition) is 9. The molecule has 0 spiro atoms.